The van der Waals surface area contributed by atoms with Crippen molar-refractivity contribution in [3.05, 3.63) is 65.4 Å². The molecule has 0 bridgehead atoms. The van der Waals surface area contributed by atoms with Gasteiger partial charge in [0, 0.05) is 36.3 Å². The molecule has 0 fully saturated rings. The van der Waals surface area contributed by atoms with Crippen molar-refractivity contribution < 1.29 is 32.1 Å². The molecule has 0 aliphatic rings. The van der Waals surface area contributed by atoms with Gasteiger partial charge in [-0.25, -0.2) is 0 Å². The van der Waals surface area contributed by atoms with Crippen molar-refractivity contribution in [3.8, 4) is 23.0 Å². The number of benzene rings is 2. The molecule has 0 aliphatic heterocycles. The van der Waals surface area contributed by atoms with Crippen molar-refractivity contribution in [1.29, 1.82) is 0 Å². The van der Waals surface area contributed by atoms with Crippen LogP contribution >= 0.6 is 0 Å². The number of hydrogen-bond acceptors (Lipinski definition) is 7. The number of aromatic nitrogens is 2. The van der Waals surface area contributed by atoms with Gasteiger partial charge in [-0.15, -0.1) is 10.2 Å². The summed E-state index contributed by atoms with van der Waals surface area (Å²) in [7, 11) is 6.17. The van der Waals surface area contributed by atoms with Crippen LogP contribution in [0.15, 0.2) is 48.5 Å². The van der Waals surface area contributed by atoms with Crippen molar-refractivity contribution in [2.24, 2.45) is 0 Å². The largest absolute Gasteiger partial charge is 0.497 e. The van der Waals surface area contributed by atoms with Crippen molar-refractivity contribution in [1.82, 2.24) is 10.2 Å². The number of halogens is 3. The van der Waals surface area contributed by atoms with Crippen LogP contribution in [0.25, 0.3) is 0 Å². The van der Waals surface area contributed by atoms with E-state index in [-0.39, 0.29) is 18.9 Å². The summed E-state index contributed by atoms with van der Waals surface area (Å²) in [6.45, 7) is 0.560. The second kappa shape index (κ2) is 10.3. The van der Waals surface area contributed by atoms with Gasteiger partial charge in [-0.05, 0) is 36.4 Å². The maximum atomic E-state index is 13.0. The second-order valence-electron chi connectivity index (χ2n) is 6.99. The van der Waals surface area contributed by atoms with E-state index in [1.165, 1.54) is 20.3 Å². The average Bonchev–Trinajstić information content (AvgIpc) is 2.83. The molecule has 0 amide bonds. The predicted octanol–water partition coefficient (Wildman–Crippen LogP) is 4.74. The monoisotopic (exact) mass is 463 g/mol. The molecular formula is C23H24F3N3O4. The van der Waals surface area contributed by atoms with Gasteiger partial charge in [0.25, 0.3) is 0 Å². The Labute approximate surface area is 189 Å². The lowest BCUT2D eigenvalue weighted by Gasteiger charge is -2.25. The van der Waals surface area contributed by atoms with Crippen molar-refractivity contribution in [3.63, 3.8) is 0 Å². The van der Waals surface area contributed by atoms with E-state index in [0.29, 0.717) is 23.0 Å². The predicted molar refractivity (Wildman–Crippen MR) is 116 cm³/mol. The maximum Gasteiger partial charge on any atom is 0.435 e. The van der Waals surface area contributed by atoms with E-state index in [9.17, 15) is 13.2 Å². The van der Waals surface area contributed by atoms with Crippen molar-refractivity contribution >= 4 is 5.82 Å². The number of anilines is 1. The molecule has 33 heavy (non-hydrogen) atoms. The summed E-state index contributed by atoms with van der Waals surface area (Å²) in [5, 5.41) is 7.22. The normalized spacial score (nSPS) is 11.1. The van der Waals surface area contributed by atoms with Crippen LogP contribution in [0, 0.1) is 0 Å². The zero-order valence-electron chi connectivity index (χ0n) is 18.6. The molecule has 1 heterocycles. The van der Waals surface area contributed by atoms with Gasteiger partial charge in [-0.1, -0.05) is 0 Å². The first-order valence-electron chi connectivity index (χ1n) is 9.86. The van der Waals surface area contributed by atoms with Crippen LogP contribution in [0.5, 0.6) is 23.0 Å². The third-order valence-electron chi connectivity index (χ3n) is 4.98. The smallest absolute Gasteiger partial charge is 0.435 e. The lowest BCUT2D eigenvalue weighted by Crippen LogP contribution is -2.24. The van der Waals surface area contributed by atoms with E-state index in [2.05, 4.69) is 10.2 Å². The lowest BCUT2D eigenvalue weighted by atomic mass is 10.1. The summed E-state index contributed by atoms with van der Waals surface area (Å²) < 4.78 is 60.4. The first-order chi connectivity index (χ1) is 15.8. The quantitative estimate of drug-likeness (QED) is 0.454. The van der Waals surface area contributed by atoms with Gasteiger partial charge in [-0.2, -0.15) is 13.2 Å². The van der Waals surface area contributed by atoms with Gasteiger partial charge in [0.15, 0.2) is 11.5 Å². The number of nitrogens with zero attached hydrogens (tertiary/aromatic N) is 3. The third-order valence-corrected chi connectivity index (χ3v) is 4.98. The van der Waals surface area contributed by atoms with E-state index in [1.807, 2.05) is 12.1 Å². The van der Waals surface area contributed by atoms with Crippen LogP contribution in [0.2, 0.25) is 0 Å². The molecule has 0 saturated heterocycles. The fourth-order valence-corrected chi connectivity index (χ4v) is 3.24. The SMILES string of the molecule is COc1ccc(CN(Cc2ccc(OC)cc2OC)c2ccc(C(F)(F)F)nn2)c(OC)c1. The second-order valence-corrected chi connectivity index (χ2v) is 6.99. The number of alkyl halides is 3. The highest BCUT2D eigenvalue weighted by atomic mass is 19.4. The minimum atomic E-state index is -4.57. The van der Waals surface area contributed by atoms with Gasteiger partial charge < -0.3 is 23.8 Å². The van der Waals surface area contributed by atoms with E-state index in [1.54, 1.807) is 43.4 Å². The average molecular weight is 463 g/mol. The number of ether oxygens (including phenoxy) is 4. The summed E-state index contributed by atoms with van der Waals surface area (Å²) in [5.41, 5.74) is 0.509. The van der Waals surface area contributed by atoms with Gasteiger partial charge in [0.1, 0.15) is 23.0 Å². The Hall–Kier alpha value is -3.69. The standard InChI is InChI=1S/C23H24F3N3O4/c1-30-17-7-5-15(19(11-17)32-3)13-29(22-10-9-21(27-28-22)23(24,25)26)14-16-6-8-18(31-2)12-20(16)33-4/h5-12H,13-14H2,1-4H3. The van der Waals surface area contributed by atoms with Crippen LogP contribution in [-0.2, 0) is 19.3 Å². The molecule has 0 atom stereocenters. The molecule has 0 aliphatic carbocycles. The molecule has 7 nitrogen and oxygen atoms in total. The summed E-state index contributed by atoms with van der Waals surface area (Å²) in [5.74, 6) is 2.64. The Morgan fingerprint density at radius 2 is 1.21 bits per heavy atom. The molecule has 0 saturated carbocycles. The fourth-order valence-electron chi connectivity index (χ4n) is 3.24. The highest BCUT2D eigenvalue weighted by Crippen LogP contribution is 2.32. The molecule has 1 aromatic heterocycles. The molecule has 2 aromatic carbocycles. The highest BCUT2D eigenvalue weighted by molar-refractivity contribution is 5.48. The van der Waals surface area contributed by atoms with Crippen LogP contribution in [0.1, 0.15) is 16.8 Å². The minimum absolute atomic E-state index is 0.263. The zero-order chi connectivity index (χ0) is 24.0. The molecule has 0 unspecified atom stereocenters. The first kappa shape index (κ1) is 24.0. The van der Waals surface area contributed by atoms with Gasteiger partial charge in [0.05, 0.1) is 28.4 Å². The van der Waals surface area contributed by atoms with Crippen LogP contribution in [0.3, 0.4) is 0 Å². The summed E-state index contributed by atoms with van der Waals surface area (Å²) in [4.78, 5) is 1.78. The molecule has 3 aromatic rings. The fraction of sp³-hybridized carbons (Fsp3) is 0.304. The molecule has 3 rings (SSSR count). The van der Waals surface area contributed by atoms with Crippen molar-refractivity contribution in [2.45, 2.75) is 19.3 Å². The summed E-state index contributed by atoms with van der Waals surface area (Å²) in [6, 6.07) is 12.9. The van der Waals surface area contributed by atoms with Gasteiger partial charge in [0.2, 0.25) is 0 Å². The molecular weight excluding hydrogens is 439 g/mol. The number of hydrogen-bond donors (Lipinski definition) is 0. The highest BCUT2D eigenvalue weighted by Gasteiger charge is 2.33. The van der Waals surface area contributed by atoms with Gasteiger partial charge in [-0.3, -0.25) is 0 Å². The van der Waals surface area contributed by atoms with E-state index < -0.39 is 11.9 Å². The molecule has 0 N–H and O–H groups in total. The number of rotatable bonds is 9. The van der Waals surface area contributed by atoms with E-state index in [4.69, 9.17) is 18.9 Å². The van der Waals surface area contributed by atoms with Gasteiger partial charge >= 0.3 is 6.18 Å². The maximum absolute atomic E-state index is 13.0. The molecule has 176 valence electrons. The van der Waals surface area contributed by atoms with Crippen LogP contribution in [0.4, 0.5) is 19.0 Å². The Bertz CT molecular complexity index is 1020. The Kier molecular flexibility index (Phi) is 7.47. The number of methoxy groups -OCH3 is 4. The molecule has 0 spiro atoms. The van der Waals surface area contributed by atoms with Crippen molar-refractivity contribution in [2.75, 3.05) is 33.3 Å². The van der Waals surface area contributed by atoms with E-state index >= 15 is 0 Å². The first-order valence-corrected chi connectivity index (χ1v) is 9.86. The summed E-state index contributed by atoms with van der Waals surface area (Å²) in [6.07, 6.45) is -4.57. The summed E-state index contributed by atoms with van der Waals surface area (Å²) >= 11 is 0. The Morgan fingerprint density at radius 3 is 1.58 bits per heavy atom. The molecule has 10 heteroatoms. The zero-order valence-corrected chi connectivity index (χ0v) is 18.6. The molecule has 0 radical (unpaired) electrons. The Morgan fingerprint density at radius 1 is 0.697 bits per heavy atom. The minimum Gasteiger partial charge on any atom is -0.497 e. The Balaban J connectivity index is 2.00. The van der Waals surface area contributed by atoms with Crippen LogP contribution < -0.4 is 23.8 Å². The van der Waals surface area contributed by atoms with Crippen LogP contribution in [-0.4, -0.2) is 38.6 Å². The third kappa shape index (κ3) is 5.76. The van der Waals surface area contributed by atoms with E-state index in [0.717, 1.165) is 17.2 Å². The topological polar surface area (TPSA) is 65.9 Å². The lowest BCUT2D eigenvalue weighted by molar-refractivity contribution is -0.141.